The van der Waals surface area contributed by atoms with Gasteiger partial charge in [0.1, 0.15) is 13.2 Å². The van der Waals surface area contributed by atoms with E-state index < -0.39 is 0 Å². The summed E-state index contributed by atoms with van der Waals surface area (Å²) in [6, 6.07) is 14.4. The molecule has 0 N–H and O–H groups in total. The number of ether oxygens (including phenoxy) is 4. The van der Waals surface area contributed by atoms with Crippen molar-refractivity contribution in [2.24, 2.45) is 5.92 Å². The minimum Gasteiger partial charge on any atom is -0.493 e. The SMILES string of the molecule is COc1ccccc1OC[C@H]1c2ccsc2CCN1C(=O)CN(CC(C)C)C(=O)c1ccc2c(c1)OCO2. The van der Waals surface area contributed by atoms with Gasteiger partial charge in [-0.2, -0.15) is 0 Å². The molecule has 9 heteroatoms. The highest BCUT2D eigenvalue weighted by Crippen LogP contribution is 2.36. The number of hydrogen-bond acceptors (Lipinski definition) is 7. The molecule has 0 saturated carbocycles. The molecule has 0 bridgehead atoms. The summed E-state index contributed by atoms with van der Waals surface area (Å²) in [4.78, 5) is 32.1. The van der Waals surface area contributed by atoms with Crippen LogP contribution in [-0.2, 0) is 11.2 Å². The Bertz CT molecular complexity index is 1310. The quantitative estimate of drug-likeness (QED) is 0.392. The molecule has 2 aliphatic heterocycles. The van der Waals surface area contributed by atoms with Crippen molar-refractivity contribution >= 4 is 23.2 Å². The van der Waals surface area contributed by atoms with Crippen molar-refractivity contribution in [1.82, 2.24) is 9.80 Å². The molecule has 0 spiro atoms. The van der Waals surface area contributed by atoms with Gasteiger partial charge in [-0.05, 0) is 59.7 Å². The van der Waals surface area contributed by atoms with E-state index in [-0.39, 0.29) is 43.7 Å². The van der Waals surface area contributed by atoms with Gasteiger partial charge >= 0.3 is 0 Å². The Balaban J connectivity index is 1.35. The van der Waals surface area contributed by atoms with Crippen molar-refractivity contribution in [2.75, 3.05) is 40.1 Å². The van der Waals surface area contributed by atoms with Gasteiger partial charge < -0.3 is 28.7 Å². The average Bonchev–Trinajstić information content (AvgIpc) is 3.60. The summed E-state index contributed by atoms with van der Waals surface area (Å²) in [6.07, 6.45) is 0.782. The van der Waals surface area contributed by atoms with E-state index in [9.17, 15) is 9.59 Å². The van der Waals surface area contributed by atoms with Crippen molar-refractivity contribution in [2.45, 2.75) is 26.3 Å². The molecule has 38 heavy (non-hydrogen) atoms. The highest BCUT2D eigenvalue weighted by atomic mass is 32.1. The average molecular weight is 537 g/mol. The molecule has 0 radical (unpaired) electrons. The fourth-order valence-corrected chi connectivity index (χ4v) is 5.84. The zero-order valence-corrected chi connectivity index (χ0v) is 22.7. The number of benzene rings is 2. The first-order valence-corrected chi connectivity index (χ1v) is 13.6. The number of hydrogen-bond donors (Lipinski definition) is 0. The van der Waals surface area contributed by atoms with Gasteiger partial charge in [-0.15, -0.1) is 11.3 Å². The van der Waals surface area contributed by atoms with Gasteiger partial charge in [-0.1, -0.05) is 26.0 Å². The van der Waals surface area contributed by atoms with E-state index in [1.165, 1.54) is 4.88 Å². The lowest BCUT2D eigenvalue weighted by molar-refractivity contribution is -0.135. The van der Waals surface area contributed by atoms with Gasteiger partial charge in [-0.25, -0.2) is 0 Å². The Hall–Kier alpha value is -3.72. The Labute approximate surface area is 226 Å². The molecular weight excluding hydrogens is 504 g/mol. The van der Waals surface area contributed by atoms with Crippen LogP contribution in [0.2, 0.25) is 0 Å². The molecule has 0 aliphatic carbocycles. The molecule has 2 aromatic carbocycles. The lowest BCUT2D eigenvalue weighted by Crippen LogP contribution is -2.48. The van der Waals surface area contributed by atoms with Crippen LogP contribution < -0.4 is 18.9 Å². The zero-order chi connectivity index (χ0) is 26.6. The molecule has 3 aromatic rings. The van der Waals surface area contributed by atoms with E-state index in [2.05, 4.69) is 11.4 Å². The van der Waals surface area contributed by atoms with E-state index in [4.69, 9.17) is 18.9 Å². The van der Waals surface area contributed by atoms with Crippen LogP contribution in [0.4, 0.5) is 0 Å². The van der Waals surface area contributed by atoms with Crippen molar-refractivity contribution in [3.63, 3.8) is 0 Å². The largest absolute Gasteiger partial charge is 0.493 e. The summed E-state index contributed by atoms with van der Waals surface area (Å²) in [5.41, 5.74) is 1.57. The smallest absolute Gasteiger partial charge is 0.254 e. The maximum atomic E-state index is 13.8. The van der Waals surface area contributed by atoms with E-state index in [0.29, 0.717) is 41.7 Å². The second kappa shape index (κ2) is 11.3. The summed E-state index contributed by atoms with van der Waals surface area (Å²) in [7, 11) is 1.61. The molecule has 0 saturated heterocycles. The summed E-state index contributed by atoms with van der Waals surface area (Å²) in [5, 5.41) is 2.06. The number of thiophene rings is 1. The maximum absolute atomic E-state index is 13.8. The van der Waals surface area contributed by atoms with Gasteiger partial charge in [0.15, 0.2) is 23.0 Å². The van der Waals surface area contributed by atoms with E-state index in [1.54, 1.807) is 41.5 Å². The Morgan fingerprint density at radius 2 is 1.89 bits per heavy atom. The first-order valence-electron chi connectivity index (χ1n) is 12.7. The number of fused-ring (bicyclic) bond motifs is 2. The zero-order valence-electron chi connectivity index (χ0n) is 21.8. The number of amides is 2. The highest BCUT2D eigenvalue weighted by molar-refractivity contribution is 7.10. The third-order valence-corrected chi connectivity index (χ3v) is 7.70. The molecule has 1 aromatic heterocycles. The van der Waals surface area contributed by atoms with Crippen LogP contribution >= 0.6 is 11.3 Å². The van der Waals surface area contributed by atoms with Crippen LogP contribution in [0.5, 0.6) is 23.0 Å². The molecule has 200 valence electrons. The van der Waals surface area contributed by atoms with Gasteiger partial charge in [0.2, 0.25) is 12.7 Å². The molecule has 3 heterocycles. The van der Waals surface area contributed by atoms with Crippen LogP contribution in [0.15, 0.2) is 53.9 Å². The number of rotatable bonds is 9. The van der Waals surface area contributed by atoms with Crippen LogP contribution in [0, 0.1) is 5.92 Å². The van der Waals surface area contributed by atoms with Gasteiger partial charge in [-0.3, -0.25) is 9.59 Å². The standard InChI is InChI=1S/C29H32N2O6S/c1-19(2)15-30(29(33)20-8-9-25-26(14-20)37-18-36-25)16-28(32)31-12-10-27-21(11-13-38-27)22(31)17-35-24-7-5-4-6-23(24)34-3/h4-9,11,13-14,19,22H,10,12,15-18H2,1-3H3/t22-/m0/s1. The van der Waals surface area contributed by atoms with Crippen molar-refractivity contribution in [3.8, 4) is 23.0 Å². The lowest BCUT2D eigenvalue weighted by Gasteiger charge is -2.37. The molecule has 5 rings (SSSR count). The van der Waals surface area contributed by atoms with E-state index in [1.807, 2.05) is 43.0 Å². The second-order valence-corrected chi connectivity index (χ2v) is 10.8. The summed E-state index contributed by atoms with van der Waals surface area (Å²) in [5.74, 6) is 2.31. The van der Waals surface area contributed by atoms with E-state index in [0.717, 1.165) is 12.0 Å². The van der Waals surface area contributed by atoms with Crippen molar-refractivity contribution in [1.29, 1.82) is 0 Å². The second-order valence-electron chi connectivity index (χ2n) is 9.76. The highest BCUT2D eigenvalue weighted by Gasteiger charge is 2.34. The molecule has 2 aliphatic rings. The Morgan fingerprint density at radius 3 is 2.68 bits per heavy atom. The molecule has 0 unspecified atom stereocenters. The number of nitrogens with zero attached hydrogens (tertiary/aromatic N) is 2. The third kappa shape index (κ3) is 5.43. The summed E-state index contributed by atoms with van der Waals surface area (Å²) < 4.78 is 22.5. The summed E-state index contributed by atoms with van der Waals surface area (Å²) >= 11 is 1.70. The van der Waals surface area contributed by atoms with Crippen LogP contribution in [0.25, 0.3) is 0 Å². The molecule has 1 atom stereocenters. The maximum Gasteiger partial charge on any atom is 0.254 e. The van der Waals surface area contributed by atoms with Crippen molar-refractivity contribution < 1.29 is 28.5 Å². The normalized spacial score (nSPS) is 15.8. The minimum atomic E-state index is -0.260. The Morgan fingerprint density at radius 1 is 1.11 bits per heavy atom. The minimum absolute atomic E-state index is 0.0178. The predicted molar refractivity (Wildman–Crippen MR) is 144 cm³/mol. The number of methoxy groups -OCH3 is 1. The van der Waals surface area contributed by atoms with Gasteiger partial charge in [0, 0.05) is 23.5 Å². The Kier molecular flexibility index (Phi) is 7.74. The molecular formula is C29H32N2O6S. The number of carbonyl (C=O) groups is 2. The first kappa shape index (κ1) is 25.9. The summed E-state index contributed by atoms with van der Waals surface area (Å²) in [6.45, 7) is 5.50. The molecule has 2 amide bonds. The lowest BCUT2D eigenvalue weighted by atomic mass is 10.00. The number of carbonyl (C=O) groups excluding carboxylic acids is 2. The van der Waals surface area contributed by atoms with Crippen molar-refractivity contribution in [3.05, 3.63) is 69.9 Å². The van der Waals surface area contributed by atoms with Gasteiger partial charge in [0.05, 0.1) is 13.2 Å². The fraction of sp³-hybridized carbons (Fsp3) is 0.379. The van der Waals surface area contributed by atoms with Crippen LogP contribution in [0.1, 0.15) is 40.7 Å². The number of para-hydroxylation sites is 2. The first-order chi connectivity index (χ1) is 18.4. The molecule has 0 fully saturated rings. The third-order valence-electron chi connectivity index (χ3n) is 6.70. The van der Waals surface area contributed by atoms with Crippen LogP contribution in [0.3, 0.4) is 0 Å². The fourth-order valence-electron chi connectivity index (χ4n) is 4.91. The monoisotopic (exact) mass is 536 g/mol. The predicted octanol–water partition coefficient (Wildman–Crippen LogP) is 4.79. The van der Waals surface area contributed by atoms with E-state index >= 15 is 0 Å². The van der Waals surface area contributed by atoms with Crippen LogP contribution in [-0.4, -0.2) is 61.8 Å². The topological polar surface area (TPSA) is 77.5 Å². The molecule has 8 nitrogen and oxygen atoms in total. The van der Waals surface area contributed by atoms with Gasteiger partial charge in [0.25, 0.3) is 5.91 Å².